The summed E-state index contributed by atoms with van der Waals surface area (Å²) in [6, 6.07) is 0. The highest BCUT2D eigenvalue weighted by Gasteiger charge is 2.02. The number of hydrogen-bond acceptors (Lipinski definition) is 1. The Hall–Kier alpha value is -0.980. The summed E-state index contributed by atoms with van der Waals surface area (Å²) < 4.78 is 0. The van der Waals surface area contributed by atoms with Crippen molar-refractivity contribution >= 4 is 0 Å². The van der Waals surface area contributed by atoms with Gasteiger partial charge in [0.25, 0.3) is 0 Å². The van der Waals surface area contributed by atoms with Gasteiger partial charge in [0.05, 0.1) is 0 Å². The van der Waals surface area contributed by atoms with Crippen LogP contribution in [0.15, 0.2) is 36.1 Å². The summed E-state index contributed by atoms with van der Waals surface area (Å²) in [5.41, 5.74) is 0. The molecule has 0 saturated carbocycles. The number of allylic oxidation sites excluding steroid dienone is 5. The second-order valence-corrected chi connectivity index (χ2v) is 2.32. The Balaban J connectivity index is 2.52. The van der Waals surface area contributed by atoms with Gasteiger partial charge in [0.15, 0.2) is 0 Å². The minimum Gasteiger partial charge on any atom is -0.508 e. The molecule has 0 spiro atoms. The first kappa shape index (κ1) is 7.13. The van der Waals surface area contributed by atoms with Crippen LogP contribution in [0.5, 0.6) is 0 Å². The van der Waals surface area contributed by atoms with Crippen LogP contribution in [0.1, 0.15) is 6.42 Å². The molecule has 0 fully saturated rings. The van der Waals surface area contributed by atoms with E-state index in [9.17, 15) is 0 Å². The predicted molar refractivity (Wildman–Crippen MR) is 42.5 cm³/mol. The van der Waals surface area contributed by atoms with Crippen LogP contribution in [0.4, 0.5) is 0 Å². The normalized spacial score (nSPS) is 25.3. The molecule has 10 heavy (non-hydrogen) atoms. The van der Waals surface area contributed by atoms with Crippen molar-refractivity contribution in [2.75, 3.05) is 0 Å². The first-order valence-corrected chi connectivity index (χ1v) is 3.36. The van der Waals surface area contributed by atoms with E-state index < -0.39 is 0 Å². The molecular weight excluding hydrogens is 124 g/mol. The van der Waals surface area contributed by atoms with Crippen molar-refractivity contribution < 1.29 is 5.11 Å². The quantitative estimate of drug-likeness (QED) is 0.585. The van der Waals surface area contributed by atoms with E-state index in [2.05, 4.69) is 6.92 Å². The Morgan fingerprint density at radius 1 is 1.70 bits per heavy atom. The van der Waals surface area contributed by atoms with Gasteiger partial charge in [-0.05, 0) is 31.4 Å². The van der Waals surface area contributed by atoms with Crippen molar-refractivity contribution in [2.24, 2.45) is 5.92 Å². The van der Waals surface area contributed by atoms with Gasteiger partial charge in [-0.2, -0.15) is 0 Å². The molecule has 1 N–H and O–H groups in total. The van der Waals surface area contributed by atoms with Crippen molar-refractivity contribution in [1.82, 2.24) is 0 Å². The highest BCUT2D eigenvalue weighted by Crippen LogP contribution is 2.15. The van der Waals surface area contributed by atoms with Crippen LogP contribution in [-0.4, -0.2) is 5.11 Å². The molecule has 1 aliphatic rings. The van der Waals surface area contributed by atoms with Gasteiger partial charge in [-0.1, -0.05) is 18.2 Å². The maximum atomic E-state index is 8.93. The molecule has 1 unspecified atom stereocenters. The Bertz CT molecular complexity index is 187. The number of rotatable bonds is 1. The molecule has 0 aromatic rings. The molecular formula is C9H11O. The van der Waals surface area contributed by atoms with Gasteiger partial charge in [-0.3, -0.25) is 0 Å². The van der Waals surface area contributed by atoms with Crippen molar-refractivity contribution in [2.45, 2.75) is 6.42 Å². The van der Waals surface area contributed by atoms with E-state index >= 15 is 0 Å². The minimum absolute atomic E-state index is 0.369. The van der Waals surface area contributed by atoms with Crippen LogP contribution in [0.3, 0.4) is 0 Å². The zero-order chi connectivity index (χ0) is 7.40. The Morgan fingerprint density at radius 3 is 3.00 bits per heavy atom. The van der Waals surface area contributed by atoms with Crippen LogP contribution < -0.4 is 0 Å². The van der Waals surface area contributed by atoms with Gasteiger partial charge in [-0.25, -0.2) is 0 Å². The summed E-state index contributed by atoms with van der Waals surface area (Å²) in [6.07, 6.45) is 10.2. The highest BCUT2D eigenvalue weighted by atomic mass is 16.3. The highest BCUT2D eigenvalue weighted by molar-refractivity contribution is 5.20. The summed E-state index contributed by atoms with van der Waals surface area (Å²) in [4.78, 5) is 0. The zero-order valence-corrected chi connectivity index (χ0v) is 5.83. The first-order valence-electron chi connectivity index (χ1n) is 3.36. The fraction of sp³-hybridized carbons (Fsp3) is 0.222. The van der Waals surface area contributed by atoms with Crippen molar-refractivity contribution in [3.05, 3.63) is 43.1 Å². The molecule has 1 rings (SSSR count). The van der Waals surface area contributed by atoms with E-state index in [1.54, 1.807) is 12.2 Å². The standard InChI is InChI=1S/C9H11O/c1-2-3-8-4-6-9(10)7-5-8/h2-4,6-8,10H,1,5H2. The second-order valence-electron chi connectivity index (χ2n) is 2.32. The van der Waals surface area contributed by atoms with E-state index in [0.29, 0.717) is 11.7 Å². The van der Waals surface area contributed by atoms with Crippen LogP contribution in [0, 0.1) is 12.8 Å². The Morgan fingerprint density at radius 2 is 2.50 bits per heavy atom. The fourth-order valence-electron chi connectivity index (χ4n) is 0.943. The molecule has 1 heteroatoms. The lowest BCUT2D eigenvalue weighted by molar-refractivity contribution is 0.424. The van der Waals surface area contributed by atoms with E-state index in [4.69, 9.17) is 5.11 Å². The molecule has 1 aliphatic carbocycles. The SMILES string of the molecule is [CH2]C=CC1C=CC(O)=CC1. The summed E-state index contributed by atoms with van der Waals surface area (Å²) >= 11 is 0. The molecule has 0 aromatic carbocycles. The molecule has 0 bridgehead atoms. The first-order chi connectivity index (χ1) is 4.83. The van der Waals surface area contributed by atoms with Crippen molar-refractivity contribution in [3.8, 4) is 0 Å². The third-order valence-corrected chi connectivity index (χ3v) is 1.50. The number of aliphatic hydroxyl groups is 1. The monoisotopic (exact) mass is 135 g/mol. The van der Waals surface area contributed by atoms with Crippen LogP contribution in [0.2, 0.25) is 0 Å². The van der Waals surface area contributed by atoms with E-state index in [1.165, 1.54) is 0 Å². The van der Waals surface area contributed by atoms with Crippen LogP contribution in [-0.2, 0) is 0 Å². The molecule has 1 atom stereocenters. The molecule has 1 nitrogen and oxygen atoms in total. The Kier molecular flexibility index (Phi) is 2.32. The largest absolute Gasteiger partial charge is 0.508 e. The maximum absolute atomic E-state index is 8.93. The third-order valence-electron chi connectivity index (χ3n) is 1.50. The van der Waals surface area contributed by atoms with Crippen LogP contribution in [0.25, 0.3) is 0 Å². The van der Waals surface area contributed by atoms with Gasteiger partial charge < -0.3 is 5.11 Å². The molecule has 0 heterocycles. The summed E-state index contributed by atoms with van der Waals surface area (Å²) in [7, 11) is 0. The topological polar surface area (TPSA) is 20.2 Å². The van der Waals surface area contributed by atoms with Gasteiger partial charge in [0.1, 0.15) is 5.76 Å². The molecule has 0 aliphatic heterocycles. The predicted octanol–water partition coefficient (Wildman–Crippen LogP) is 2.39. The lowest BCUT2D eigenvalue weighted by Gasteiger charge is -2.07. The lowest BCUT2D eigenvalue weighted by atomic mass is 10.00. The molecule has 1 radical (unpaired) electrons. The van der Waals surface area contributed by atoms with E-state index in [0.717, 1.165) is 6.42 Å². The fourth-order valence-corrected chi connectivity index (χ4v) is 0.943. The summed E-state index contributed by atoms with van der Waals surface area (Å²) in [5, 5.41) is 8.93. The third kappa shape index (κ3) is 1.76. The van der Waals surface area contributed by atoms with Crippen molar-refractivity contribution in [3.63, 3.8) is 0 Å². The van der Waals surface area contributed by atoms with Crippen LogP contribution >= 0.6 is 0 Å². The zero-order valence-electron chi connectivity index (χ0n) is 5.83. The molecule has 0 aromatic heterocycles. The van der Waals surface area contributed by atoms with Gasteiger partial charge in [0.2, 0.25) is 0 Å². The summed E-state index contributed by atoms with van der Waals surface area (Å²) in [6.45, 7) is 3.60. The van der Waals surface area contributed by atoms with Gasteiger partial charge >= 0.3 is 0 Å². The smallest absolute Gasteiger partial charge is 0.111 e. The minimum atomic E-state index is 0.369. The molecule has 0 amide bonds. The van der Waals surface area contributed by atoms with Crippen molar-refractivity contribution in [1.29, 1.82) is 0 Å². The average molecular weight is 135 g/mol. The maximum Gasteiger partial charge on any atom is 0.111 e. The van der Waals surface area contributed by atoms with Gasteiger partial charge in [0, 0.05) is 0 Å². The summed E-state index contributed by atoms with van der Waals surface area (Å²) in [5.74, 6) is 0.794. The molecule has 53 valence electrons. The average Bonchev–Trinajstić information content (AvgIpc) is 1.95. The molecule has 0 saturated heterocycles. The second kappa shape index (κ2) is 3.25. The number of aliphatic hydroxyl groups excluding tert-OH is 1. The lowest BCUT2D eigenvalue weighted by Crippen LogP contribution is -1.95. The Labute approximate surface area is 61.4 Å². The van der Waals surface area contributed by atoms with E-state index in [1.807, 2.05) is 18.2 Å². The van der Waals surface area contributed by atoms with E-state index in [-0.39, 0.29) is 0 Å². The number of hydrogen-bond donors (Lipinski definition) is 1. The van der Waals surface area contributed by atoms with Gasteiger partial charge in [-0.15, -0.1) is 0 Å².